The average Bonchev–Trinajstić information content (AvgIpc) is 2.09. The molecular formula is C11H18F2O. The van der Waals surface area contributed by atoms with Crippen molar-refractivity contribution in [2.45, 2.75) is 51.9 Å². The summed E-state index contributed by atoms with van der Waals surface area (Å²) in [6.45, 7) is 3.74. The predicted octanol–water partition coefficient (Wildman–Crippen LogP) is 3.43. The van der Waals surface area contributed by atoms with Gasteiger partial charge in [0.15, 0.2) is 0 Å². The fourth-order valence-electron chi connectivity index (χ4n) is 2.10. The zero-order chi connectivity index (χ0) is 10.8. The highest BCUT2D eigenvalue weighted by Gasteiger charge is 2.36. The molecular weight excluding hydrogens is 186 g/mol. The third-order valence-electron chi connectivity index (χ3n) is 2.97. The van der Waals surface area contributed by atoms with E-state index in [2.05, 4.69) is 0 Å². The van der Waals surface area contributed by atoms with Crippen LogP contribution in [-0.2, 0) is 4.79 Å². The van der Waals surface area contributed by atoms with Gasteiger partial charge in [0, 0.05) is 18.3 Å². The Morgan fingerprint density at radius 1 is 1.36 bits per heavy atom. The van der Waals surface area contributed by atoms with Crippen LogP contribution in [0.4, 0.5) is 8.78 Å². The highest BCUT2D eigenvalue weighted by atomic mass is 19.3. The van der Waals surface area contributed by atoms with Crippen molar-refractivity contribution in [1.82, 2.24) is 0 Å². The van der Waals surface area contributed by atoms with E-state index in [0.717, 1.165) is 12.7 Å². The monoisotopic (exact) mass is 204 g/mol. The summed E-state index contributed by atoms with van der Waals surface area (Å²) in [7, 11) is 0. The van der Waals surface area contributed by atoms with Gasteiger partial charge >= 0.3 is 0 Å². The van der Waals surface area contributed by atoms with Crippen LogP contribution in [0.25, 0.3) is 0 Å². The quantitative estimate of drug-likeness (QED) is 0.644. The molecule has 1 aliphatic rings. The van der Waals surface area contributed by atoms with Crippen LogP contribution in [0.3, 0.4) is 0 Å². The number of aldehydes is 1. The molecule has 0 saturated heterocycles. The second-order valence-corrected chi connectivity index (χ2v) is 5.11. The van der Waals surface area contributed by atoms with Crippen molar-refractivity contribution >= 4 is 6.29 Å². The second kappa shape index (κ2) is 3.95. The Bertz CT molecular complexity index is 201. The molecule has 1 aliphatic carbocycles. The molecule has 0 atom stereocenters. The Morgan fingerprint density at radius 2 is 1.86 bits per heavy atom. The van der Waals surface area contributed by atoms with Gasteiger partial charge in [-0.2, -0.15) is 0 Å². The molecule has 0 aromatic carbocycles. The summed E-state index contributed by atoms with van der Waals surface area (Å²) in [5.41, 5.74) is -0.350. The fraction of sp³-hybridized carbons (Fsp3) is 0.909. The third kappa shape index (κ3) is 3.35. The lowest BCUT2D eigenvalue weighted by atomic mass is 9.76. The molecule has 0 aromatic rings. The molecule has 0 heterocycles. The molecule has 1 fully saturated rings. The van der Waals surface area contributed by atoms with Gasteiger partial charge in [0.05, 0.1) is 0 Å². The minimum absolute atomic E-state index is 0.00734. The summed E-state index contributed by atoms with van der Waals surface area (Å²) in [5, 5.41) is 0. The first kappa shape index (κ1) is 11.6. The fourth-order valence-corrected chi connectivity index (χ4v) is 2.10. The Labute approximate surface area is 83.9 Å². The van der Waals surface area contributed by atoms with E-state index in [1.807, 2.05) is 13.8 Å². The number of rotatable bonds is 3. The zero-order valence-corrected chi connectivity index (χ0v) is 8.85. The zero-order valence-electron chi connectivity index (χ0n) is 8.85. The van der Waals surface area contributed by atoms with E-state index in [-0.39, 0.29) is 18.3 Å². The summed E-state index contributed by atoms with van der Waals surface area (Å²) in [5.74, 6) is -2.16. The van der Waals surface area contributed by atoms with E-state index < -0.39 is 5.92 Å². The van der Waals surface area contributed by atoms with Crippen molar-refractivity contribution in [3.8, 4) is 0 Å². The first-order valence-corrected chi connectivity index (χ1v) is 5.19. The van der Waals surface area contributed by atoms with Crippen LogP contribution >= 0.6 is 0 Å². The highest BCUT2D eigenvalue weighted by Crippen LogP contribution is 2.40. The second-order valence-electron chi connectivity index (χ2n) is 5.11. The van der Waals surface area contributed by atoms with Crippen LogP contribution in [0.2, 0.25) is 0 Å². The minimum atomic E-state index is -2.46. The van der Waals surface area contributed by atoms with E-state index in [0.29, 0.717) is 18.8 Å². The van der Waals surface area contributed by atoms with Crippen molar-refractivity contribution in [2.24, 2.45) is 11.3 Å². The van der Waals surface area contributed by atoms with Gasteiger partial charge in [-0.15, -0.1) is 0 Å². The summed E-state index contributed by atoms with van der Waals surface area (Å²) in [4.78, 5) is 10.7. The van der Waals surface area contributed by atoms with Gasteiger partial charge in [-0.05, 0) is 25.2 Å². The van der Waals surface area contributed by atoms with Gasteiger partial charge in [0.25, 0.3) is 0 Å². The molecule has 0 N–H and O–H groups in total. The number of carbonyl (C=O) groups is 1. The molecule has 82 valence electrons. The molecule has 0 bridgehead atoms. The smallest absolute Gasteiger partial charge is 0.248 e. The van der Waals surface area contributed by atoms with E-state index in [4.69, 9.17) is 0 Å². The maximum atomic E-state index is 12.8. The maximum absolute atomic E-state index is 12.8. The van der Waals surface area contributed by atoms with E-state index >= 15 is 0 Å². The maximum Gasteiger partial charge on any atom is 0.248 e. The first-order chi connectivity index (χ1) is 6.35. The van der Waals surface area contributed by atoms with Crippen molar-refractivity contribution in [3.63, 3.8) is 0 Å². The Hall–Kier alpha value is -0.470. The summed E-state index contributed by atoms with van der Waals surface area (Å²) in [6.07, 6.45) is 2.78. The first-order valence-electron chi connectivity index (χ1n) is 5.19. The average molecular weight is 204 g/mol. The molecule has 0 amide bonds. The molecule has 1 nitrogen and oxygen atoms in total. The summed E-state index contributed by atoms with van der Waals surface area (Å²) < 4.78 is 25.6. The molecule has 0 unspecified atom stereocenters. The van der Waals surface area contributed by atoms with Crippen LogP contribution in [0.15, 0.2) is 0 Å². The molecule has 0 aromatic heterocycles. The molecule has 14 heavy (non-hydrogen) atoms. The normalized spacial score (nSPS) is 23.4. The summed E-state index contributed by atoms with van der Waals surface area (Å²) in [6, 6.07) is 0. The lowest BCUT2D eigenvalue weighted by Crippen LogP contribution is -2.28. The Kier molecular flexibility index (Phi) is 3.28. The lowest BCUT2D eigenvalue weighted by molar-refractivity contribution is -0.116. The molecule has 1 saturated carbocycles. The molecule has 1 rings (SSSR count). The van der Waals surface area contributed by atoms with Gasteiger partial charge in [-0.3, -0.25) is 0 Å². The standard InChI is InChI=1S/C11H18F2O/c1-10(2,8-14)7-9-3-5-11(12,13)6-4-9/h8-9H,3-7H2,1-2H3. The number of hydrogen-bond acceptors (Lipinski definition) is 1. The van der Waals surface area contributed by atoms with Gasteiger partial charge in [0.2, 0.25) is 5.92 Å². The van der Waals surface area contributed by atoms with E-state index in [1.54, 1.807) is 0 Å². The number of carbonyl (C=O) groups excluding carboxylic acids is 1. The van der Waals surface area contributed by atoms with Crippen LogP contribution in [0.1, 0.15) is 46.0 Å². The minimum Gasteiger partial charge on any atom is -0.303 e. The largest absolute Gasteiger partial charge is 0.303 e. The highest BCUT2D eigenvalue weighted by molar-refractivity contribution is 5.57. The van der Waals surface area contributed by atoms with Gasteiger partial charge in [0.1, 0.15) is 6.29 Å². The van der Waals surface area contributed by atoms with Crippen molar-refractivity contribution in [2.75, 3.05) is 0 Å². The number of alkyl halides is 2. The van der Waals surface area contributed by atoms with Gasteiger partial charge < -0.3 is 4.79 Å². The van der Waals surface area contributed by atoms with E-state index in [9.17, 15) is 13.6 Å². The van der Waals surface area contributed by atoms with Gasteiger partial charge in [-0.25, -0.2) is 8.78 Å². The molecule has 0 radical (unpaired) electrons. The SMILES string of the molecule is CC(C)(C=O)CC1CCC(F)(F)CC1. The Balaban J connectivity index is 2.40. The predicted molar refractivity (Wildman–Crippen MR) is 51.4 cm³/mol. The molecule has 0 spiro atoms. The lowest BCUT2D eigenvalue weighted by Gasteiger charge is -2.31. The summed E-state index contributed by atoms with van der Waals surface area (Å²) >= 11 is 0. The Morgan fingerprint density at radius 3 is 2.29 bits per heavy atom. The van der Waals surface area contributed by atoms with E-state index in [1.165, 1.54) is 0 Å². The van der Waals surface area contributed by atoms with Crippen LogP contribution in [-0.4, -0.2) is 12.2 Å². The van der Waals surface area contributed by atoms with Crippen LogP contribution < -0.4 is 0 Å². The van der Waals surface area contributed by atoms with Crippen LogP contribution in [0, 0.1) is 11.3 Å². The molecule has 0 aliphatic heterocycles. The number of halogens is 2. The van der Waals surface area contributed by atoms with Crippen molar-refractivity contribution < 1.29 is 13.6 Å². The third-order valence-corrected chi connectivity index (χ3v) is 2.97. The van der Waals surface area contributed by atoms with Crippen molar-refractivity contribution in [3.05, 3.63) is 0 Å². The van der Waals surface area contributed by atoms with Gasteiger partial charge in [-0.1, -0.05) is 13.8 Å². The number of hydrogen-bond donors (Lipinski definition) is 0. The molecule has 3 heteroatoms. The topological polar surface area (TPSA) is 17.1 Å². The van der Waals surface area contributed by atoms with Crippen LogP contribution in [0.5, 0.6) is 0 Å². The van der Waals surface area contributed by atoms with Crippen molar-refractivity contribution in [1.29, 1.82) is 0 Å².